The fraction of sp³-hybridized carbons (Fsp3) is 0.167. The van der Waals surface area contributed by atoms with E-state index in [9.17, 15) is 18.9 Å². The number of nitrogens with two attached hydrogens (primary N) is 1. The molecule has 5 nitrogen and oxygen atoms in total. The summed E-state index contributed by atoms with van der Waals surface area (Å²) in [6.07, 6.45) is 0.690. The molecule has 8 heteroatoms. The van der Waals surface area contributed by atoms with E-state index < -0.39 is 27.4 Å². The monoisotopic (exact) mass is 223 g/mol. The molecule has 1 aromatic rings. The van der Waals surface area contributed by atoms with E-state index in [2.05, 4.69) is 16.6 Å². The first kappa shape index (κ1) is 10.6. The number of hydrogen-bond donors (Lipinski definition) is 1. The van der Waals surface area contributed by atoms with E-state index in [-0.39, 0.29) is 0 Å². The summed E-state index contributed by atoms with van der Waals surface area (Å²) in [6, 6.07) is 0.593. The number of halogens is 3. The van der Waals surface area contributed by atoms with E-state index in [0.29, 0.717) is 12.3 Å². The van der Waals surface area contributed by atoms with Crippen molar-refractivity contribution in [1.29, 1.82) is 0 Å². The summed E-state index contributed by atoms with van der Waals surface area (Å²) < 4.78 is 25.0. The molecular formula is C6H4ClF2N3O2. The Bertz CT molecular complexity index is 380. The van der Waals surface area contributed by atoms with Gasteiger partial charge in [-0.2, -0.15) is 8.78 Å². The van der Waals surface area contributed by atoms with Gasteiger partial charge in [0.25, 0.3) is 0 Å². The second-order valence-corrected chi connectivity index (χ2v) is 2.86. The van der Waals surface area contributed by atoms with Gasteiger partial charge in [0.05, 0.1) is 10.5 Å². The molecule has 14 heavy (non-hydrogen) atoms. The molecule has 0 aliphatic heterocycles. The lowest BCUT2D eigenvalue weighted by atomic mass is 10.2. The Kier molecular flexibility index (Phi) is 2.52. The van der Waals surface area contributed by atoms with Gasteiger partial charge in [0.15, 0.2) is 0 Å². The Balaban J connectivity index is 3.27. The first-order valence-corrected chi connectivity index (χ1v) is 3.67. The molecule has 0 amide bonds. The van der Waals surface area contributed by atoms with Crippen molar-refractivity contribution in [2.45, 2.75) is 5.38 Å². The SMILES string of the molecule is Nc1ncc(C(F)(F)Cl)cc1[N+](=O)[O-]. The highest BCUT2D eigenvalue weighted by Crippen LogP contribution is 2.34. The molecule has 0 unspecified atom stereocenters. The third-order valence-corrected chi connectivity index (χ3v) is 1.64. The molecule has 0 bridgehead atoms. The largest absolute Gasteiger partial charge is 0.378 e. The topological polar surface area (TPSA) is 82.0 Å². The number of alkyl halides is 3. The summed E-state index contributed by atoms with van der Waals surface area (Å²) in [5.41, 5.74) is 3.64. The van der Waals surface area contributed by atoms with E-state index in [4.69, 9.17) is 5.73 Å². The van der Waals surface area contributed by atoms with Crippen molar-refractivity contribution < 1.29 is 13.7 Å². The van der Waals surface area contributed by atoms with Crippen molar-refractivity contribution in [2.75, 3.05) is 5.73 Å². The molecule has 0 fully saturated rings. The predicted octanol–water partition coefficient (Wildman–Crippen LogP) is 1.86. The smallest absolute Gasteiger partial charge is 0.349 e. The average molecular weight is 224 g/mol. The maximum absolute atomic E-state index is 12.5. The Morgan fingerprint density at radius 1 is 1.64 bits per heavy atom. The van der Waals surface area contributed by atoms with Gasteiger partial charge < -0.3 is 5.73 Å². The summed E-state index contributed by atoms with van der Waals surface area (Å²) in [6.45, 7) is 0. The zero-order valence-corrected chi connectivity index (χ0v) is 7.33. The number of anilines is 1. The van der Waals surface area contributed by atoms with Crippen LogP contribution in [0.15, 0.2) is 12.3 Å². The van der Waals surface area contributed by atoms with Crippen LogP contribution in [0.4, 0.5) is 20.3 Å². The second kappa shape index (κ2) is 3.33. The summed E-state index contributed by atoms with van der Waals surface area (Å²) in [4.78, 5) is 12.6. The van der Waals surface area contributed by atoms with E-state index in [1.807, 2.05) is 0 Å². The molecule has 2 N–H and O–H groups in total. The van der Waals surface area contributed by atoms with Gasteiger partial charge in [-0.3, -0.25) is 10.1 Å². The number of pyridine rings is 1. The van der Waals surface area contributed by atoms with Gasteiger partial charge in [0.2, 0.25) is 5.82 Å². The van der Waals surface area contributed by atoms with Crippen LogP contribution >= 0.6 is 11.6 Å². The van der Waals surface area contributed by atoms with Crippen molar-refractivity contribution in [1.82, 2.24) is 4.98 Å². The summed E-state index contributed by atoms with van der Waals surface area (Å²) >= 11 is 4.65. The Morgan fingerprint density at radius 3 is 2.64 bits per heavy atom. The van der Waals surface area contributed by atoms with E-state index in [1.165, 1.54) is 0 Å². The average Bonchev–Trinajstić information content (AvgIpc) is 2.02. The highest BCUT2D eigenvalue weighted by molar-refractivity contribution is 6.21. The highest BCUT2D eigenvalue weighted by Gasteiger charge is 2.31. The molecule has 0 saturated heterocycles. The zero-order valence-electron chi connectivity index (χ0n) is 6.58. The van der Waals surface area contributed by atoms with Crippen LogP contribution in [0.2, 0.25) is 0 Å². The van der Waals surface area contributed by atoms with Crippen LogP contribution in [0.5, 0.6) is 0 Å². The minimum absolute atomic E-state index is 0.431. The minimum atomic E-state index is -3.69. The van der Waals surface area contributed by atoms with Gasteiger partial charge in [0.1, 0.15) is 0 Å². The van der Waals surface area contributed by atoms with Crippen LogP contribution in [0.3, 0.4) is 0 Å². The molecule has 0 aliphatic carbocycles. The molecule has 0 saturated carbocycles. The Morgan fingerprint density at radius 2 is 2.21 bits per heavy atom. The fourth-order valence-electron chi connectivity index (χ4n) is 0.765. The number of nitro groups is 1. The Hall–Kier alpha value is -1.50. The summed E-state index contributed by atoms with van der Waals surface area (Å²) in [7, 11) is 0. The predicted molar refractivity (Wildman–Crippen MR) is 45.1 cm³/mol. The quantitative estimate of drug-likeness (QED) is 0.471. The third-order valence-electron chi connectivity index (χ3n) is 1.42. The summed E-state index contributed by atoms with van der Waals surface area (Å²) in [5, 5.41) is 6.61. The van der Waals surface area contributed by atoms with Crippen LogP contribution < -0.4 is 5.73 Å². The van der Waals surface area contributed by atoms with Crippen LogP contribution in [0, 0.1) is 10.1 Å². The number of nitrogen functional groups attached to an aromatic ring is 1. The van der Waals surface area contributed by atoms with Gasteiger partial charge in [-0.25, -0.2) is 4.98 Å². The lowest BCUT2D eigenvalue weighted by Gasteiger charge is -2.07. The maximum atomic E-state index is 12.5. The normalized spacial score (nSPS) is 11.4. The van der Waals surface area contributed by atoms with Crippen molar-refractivity contribution in [3.63, 3.8) is 0 Å². The van der Waals surface area contributed by atoms with Gasteiger partial charge in [-0.05, 0) is 11.6 Å². The second-order valence-electron chi connectivity index (χ2n) is 2.38. The molecule has 0 spiro atoms. The molecule has 0 aliphatic rings. The minimum Gasteiger partial charge on any atom is -0.378 e. The van der Waals surface area contributed by atoms with Gasteiger partial charge in [-0.1, -0.05) is 0 Å². The first-order valence-electron chi connectivity index (χ1n) is 3.29. The van der Waals surface area contributed by atoms with E-state index in [1.54, 1.807) is 0 Å². The molecule has 76 valence electrons. The Labute approximate surface area is 81.6 Å². The van der Waals surface area contributed by atoms with Gasteiger partial charge in [0, 0.05) is 12.3 Å². The molecular weight excluding hydrogens is 220 g/mol. The molecule has 0 radical (unpaired) electrons. The van der Waals surface area contributed by atoms with Crippen molar-refractivity contribution in [3.05, 3.63) is 27.9 Å². The summed E-state index contributed by atoms with van der Waals surface area (Å²) in [5.74, 6) is -0.431. The third kappa shape index (κ3) is 2.05. The van der Waals surface area contributed by atoms with Crippen LogP contribution in [0.25, 0.3) is 0 Å². The van der Waals surface area contributed by atoms with Crippen molar-refractivity contribution in [3.8, 4) is 0 Å². The standard InChI is InChI=1S/C6H4ClF2N3O2/c7-6(8,9)3-1-4(12(13)14)5(10)11-2-3/h1-2H,(H2,10,11). The molecule has 0 atom stereocenters. The van der Waals surface area contributed by atoms with Gasteiger partial charge >= 0.3 is 11.1 Å². The van der Waals surface area contributed by atoms with Crippen LogP contribution in [0.1, 0.15) is 5.56 Å². The van der Waals surface area contributed by atoms with Crippen LogP contribution in [-0.4, -0.2) is 9.91 Å². The number of hydrogen-bond acceptors (Lipinski definition) is 4. The molecule has 0 aromatic carbocycles. The zero-order chi connectivity index (χ0) is 10.9. The van der Waals surface area contributed by atoms with Gasteiger partial charge in [-0.15, -0.1) is 0 Å². The number of aromatic nitrogens is 1. The number of nitrogens with zero attached hydrogens (tertiary/aromatic N) is 2. The van der Waals surface area contributed by atoms with Crippen molar-refractivity contribution in [2.24, 2.45) is 0 Å². The molecule has 1 heterocycles. The molecule has 1 rings (SSSR count). The lowest BCUT2D eigenvalue weighted by Crippen LogP contribution is -2.07. The van der Waals surface area contributed by atoms with Crippen LogP contribution in [-0.2, 0) is 5.38 Å². The highest BCUT2D eigenvalue weighted by atomic mass is 35.5. The van der Waals surface area contributed by atoms with E-state index >= 15 is 0 Å². The van der Waals surface area contributed by atoms with Crippen molar-refractivity contribution >= 4 is 23.1 Å². The molecule has 1 aromatic heterocycles. The maximum Gasteiger partial charge on any atom is 0.349 e. The number of rotatable bonds is 2. The first-order chi connectivity index (χ1) is 6.32. The van der Waals surface area contributed by atoms with E-state index in [0.717, 1.165) is 0 Å². The fourth-order valence-corrected chi connectivity index (χ4v) is 0.868. The lowest BCUT2D eigenvalue weighted by molar-refractivity contribution is -0.384.